The molecule has 0 bridgehead atoms. The predicted molar refractivity (Wildman–Crippen MR) is 103 cm³/mol. The molecular formula is C20H22ClN3. The quantitative estimate of drug-likeness (QED) is 0.625. The minimum Gasteiger partial charge on any atom is -0.384 e. The van der Waals surface area contributed by atoms with Crippen molar-refractivity contribution in [3.05, 3.63) is 71.4 Å². The molecule has 3 nitrogen and oxygen atoms in total. The smallest absolute Gasteiger partial charge is 0.0723 e. The zero-order valence-electron chi connectivity index (χ0n) is 13.9. The fourth-order valence-corrected chi connectivity index (χ4v) is 2.99. The molecule has 0 atom stereocenters. The summed E-state index contributed by atoms with van der Waals surface area (Å²) in [5.74, 6) is 0. The Kier molecular flexibility index (Phi) is 5.68. The van der Waals surface area contributed by atoms with Gasteiger partial charge in [0.05, 0.1) is 5.52 Å². The summed E-state index contributed by atoms with van der Waals surface area (Å²) in [7, 11) is 2.16. The summed E-state index contributed by atoms with van der Waals surface area (Å²) in [6.45, 7) is 2.95. The van der Waals surface area contributed by atoms with Crippen LogP contribution < -0.4 is 5.32 Å². The number of hydrogen-bond acceptors (Lipinski definition) is 3. The van der Waals surface area contributed by atoms with E-state index in [0.29, 0.717) is 0 Å². The lowest BCUT2D eigenvalue weighted by molar-refractivity contribution is 0.325. The lowest BCUT2D eigenvalue weighted by Gasteiger charge is -2.17. The molecule has 0 saturated heterocycles. The highest BCUT2D eigenvalue weighted by Gasteiger charge is 2.03. The molecule has 1 aromatic heterocycles. The molecule has 0 aliphatic heterocycles. The molecule has 1 heterocycles. The number of nitrogens with zero attached hydrogens (tertiary/aromatic N) is 2. The zero-order valence-corrected chi connectivity index (χ0v) is 14.6. The minimum atomic E-state index is 0.737. The number of aromatic nitrogens is 1. The van der Waals surface area contributed by atoms with Crippen molar-refractivity contribution < 1.29 is 0 Å². The molecule has 0 fully saturated rings. The van der Waals surface area contributed by atoms with E-state index in [4.69, 9.17) is 11.6 Å². The molecule has 2 aromatic carbocycles. The van der Waals surface area contributed by atoms with Crippen LogP contribution in [0, 0.1) is 0 Å². The van der Waals surface area contributed by atoms with Gasteiger partial charge >= 0.3 is 0 Å². The van der Waals surface area contributed by atoms with E-state index in [1.54, 1.807) is 0 Å². The first kappa shape index (κ1) is 16.7. The van der Waals surface area contributed by atoms with E-state index in [9.17, 15) is 0 Å². The normalized spacial score (nSPS) is 11.1. The molecule has 124 valence electrons. The summed E-state index contributed by atoms with van der Waals surface area (Å²) in [6, 6.07) is 18.4. The second-order valence-electron chi connectivity index (χ2n) is 6.02. The van der Waals surface area contributed by atoms with Gasteiger partial charge in [-0.3, -0.25) is 4.98 Å². The van der Waals surface area contributed by atoms with Crippen molar-refractivity contribution in [2.75, 3.05) is 25.5 Å². The van der Waals surface area contributed by atoms with Gasteiger partial charge in [-0.1, -0.05) is 41.9 Å². The third-order valence-electron chi connectivity index (χ3n) is 4.03. The van der Waals surface area contributed by atoms with E-state index in [0.717, 1.165) is 47.7 Å². The molecule has 3 rings (SSSR count). The van der Waals surface area contributed by atoms with E-state index in [1.807, 2.05) is 30.5 Å². The number of nitrogens with one attached hydrogen (secondary N) is 1. The first-order chi connectivity index (χ1) is 11.7. The highest BCUT2D eigenvalue weighted by Crippen LogP contribution is 2.24. The number of anilines is 1. The van der Waals surface area contributed by atoms with Gasteiger partial charge in [-0.15, -0.1) is 0 Å². The molecule has 0 saturated carbocycles. The first-order valence-corrected chi connectivity index (χ1v) is 8.61. The van der Waals surface area contributed by atoms with Crippen LogP contribution in [-0.4, -0.2) is 30.0 Å². The molecule has 4 heteroatoms. The molecule has 24 heavy (non-hydrogen) atoms. The maximum atomic E-state index is 6.11. The Balaban J connectivity index is 1.51. The van der Waals surface area contributed by atoms with Crippen LogP contribution in [0.5, 0.6) is 0 Å². The molecule has 3 aromatic rings. The van der Waals surface area contributed by atoms with Crippen molar-refractivity contribution in [1.82, 2.24) is 9.88 Å². The highest BCUT2D eigenvalue weighted by molar-refractivity contribution is 6.31. The number of rotatable bonds is 7. The van der Waals surface area contributed by atoms with Crippen LogP contribution >= 0.6 is 11.6 Å². The molecule has 1 N–H and O–H groups in total. The molecule has 0 aliphatic rings. The lowest BCUT2D eigenvalue weighted by atomic mass is 10.2. The Morgan fingerprint density at radius 3 is 2.75 bits per heavy atom. The van der Waals surface area contributed by atoms with Crippen LogP contribution in [0.15, 0.2) is 60.8 Å². The van der Waals surface area contributed by atoms with Crippen molar-refractivity contribution in [2.24, 2.45) is 0 Å². The van der Waals surface area contributed by atoms with Gasteiger partial charge < -0.3 is 10.2 Å². The third kappa shape index (κ3) is 4.47. The maximum absolute atomic E-state index is 6.11. The Morgan fingerprint density at radius 1 is 1.08 bits per heavy atom. The number of hydrogen-bond donors (Lipinski definition) is 1. The Hall–Kier alpha value is -2.10. The summed E-state index contributed by atoms with van der Waals surface area (Å²) in [5, 5.41) is 5.32. The third-order valence-corrected chi connectivity index (χ3v) is 4.27. The van der Waals surface area contributed by atoms with Gasteiger partial charge in [0.25, 0.3) is 0 Å². The summed E-state index contributed by atoms with van der Waals surface area (Å²) in [6.07, 6.45) is 2.91. The van der Waals surface area contributed by atoms with Crippen LogP contribution in [-0.2, 0) is 6.54 Å². The van der Waals surface area contributed by atoms with Gasteiger partial charge in [0.2, 0.25) is 0 Å². The van der Waals surface area contributed by atoms with E-state index in [1.165, 1.54) is 5.56 Å². The van der Waals surface area contributed by atoms with Crippen LogP contribution in [0.25, 0.3) is 10.9 Å². The van der Waals surface area contributed by atoms with Crippen LogP contribution in [0.2, 0.25) is 5.02 Å². The maximum Gasteiger partial charge on any atom is 0.0723 e. The van der Waals surface area contributed by atoms with E-state index < -0.39 is 0 Å². The summed E-state index contributed by atoms with van der Waals surface area (Å²) in [5.41, 5.74) is 3.40. The number of halogens is 1. The Bertz CT molecular complexity index is 789. The Labute approximate surface area is 148 Å². The van der Waals surface area contributed by atoms with Crippen LogP contribution in [0.3, 0.4) is 0 Å². The minimum absolute atomic E-state index is 0.737. The average Bonchev–Trinajstić information content (AvgIpc) is 2.60. The van der Waals surface area contributed by atoms with Crippen molar-refractivity contribution in [1.29, 1.82) is 0 Å². The lowest BCUT2D eigenvalue weighted by Crippen LogP contribution is -2.21. The van der Waals surface area contributed by atoms with Crippen molar-refractivity contribution in [3.63, 3.8) is 0 Å². The van der Waals surface area contributed by atoms with E-state index in [2.05, 4.69) is 52.6 Å². The van der Waals surface area contributed by atoms with Crippen molar-refractivity contribution in [2.45, 2.75) is 13.0 Å². The number of pyridine rings is 1. The van der Waals surface area contributed by atoms with Gasteiger partial charge in [-0.2, -0.15) is 0 Å². The second kappa shape index (κ2) is 8.13. The predicted octanol–water partition coefficient (Wildman–Crippen LogP) is 4.82. The van der Waals surface area contributed by atoms with Gasteiger partial charge in [0, 0.05) is 35.4 Å². The molecule has 0 radical (unpaired) electrons. The largest absolute Gasteiger partial charge is 0.384 e. The summed E-state index contributed by atoms with van der Waals surface area (Å²) >= 11 is 6.11. The average molecular weight is 340 g/mol. The summed E-state index contributed by atoms with van der Waals surface area (Å²) < 4.78 is 0. The fourth-order valence-electron chi connectivity index (χ4n) is 2.82. The molecule has 0 amide bonds. The standard InChI is InChI=1S/C20H22ClN3/c1-24(15-16-6-3-2-4-7-16)13-5-11-22-20-10-12-23-19-9-8-17(21)14-18(19)20/h2-4,6-10,12,14H,5,11,13,15H2,1H3,(H,22,23). The van der Waals surface area contributed by atoms with E-state index in [-0.39, 0.29) is 0 Å². The Morgan fingerprint density at radius 2 is 1.92 bits per heavy atom. The molecular weight excluding hydrogens is 318 g/mol. The van der Waals surface area contributed by atoms with Gasteiger partial charge in [0.15, 0.2) is 0 Å². The fraction of sp³-hybridized carbons (Fsp3) is 0.250. The molecule has 0 spiro atoms. The monoisotopic (exact) mass is 339 g/mol. The van der Waals surface area contributed by atoms with Crippen LogP contribution in [0.1, 0.15) is 12.0 Å². The number of fused-ring (bicyclic) bond motifs is 1. The molecule has 0 aliphatic carbocycles. The van der Waals surface area contributed by atoms with Crippen LogP contribution in [0.4, 0.5) is 5.69 Å². The van der Waals surface area contributed by atoms with Crippen molar-refractivity contribution >= 4 is 28.2 Å². The van der Waals surface area contributed by atoms with Gasteiger partial charge in [0.1, 0.15) is 0 Å². The van der Waals surface area contributed by atoms with Crippen molar-refractivity contribution in [3.8, 4) is 0 Å². The topological polar surface area (TPSA) is 28.2 Å². The first-order valence-electron chi connectivity index (χ1n) is 8.23. The molecule has 0 unspecified atom stereocenters. The zero-order chi connectivity index (χ0) is 16.8. The second-order valence-corrected chi connectivity index (χ2v) is 6.46. The van der Waals surface area contributed by atoms with E-state index >= 15 is 0 Å². The highest BCUT2D eigenvalue weighted by atomic mass is 35.5. The number of benzene rings is 2. The van der Waals surface area contributed by atoms with Gasteiger partial charge in [-0.05, 0) is 49.8 Å². The summed E-state index contributed by atoms with van der Waals surface area (Å²) in [4.78, 5) is 6.73. The SMILES string of the molecule is CN(CCCNc1ccnc2ccc(Cl)cc12)Cc1ccccc1. The van der Waals surface area contributed by atoms with Gasteiger partial charge in [-0.25, -0.2) is 0 Å².